The summed E-state index contributed by atoms with van der Waals surface area (Å²) < 4.78 is 4.73. The monoisotopic (exact) mass is 303 g/mol. The van der Waals surface area contributed by atoms with Gasteiger partial charge in [-0.25, -0.2) is 4.79 Å². The number of halogens is 1. The fourth-order valence-corrected chi connectivity index (χ4v) is 2.35. The highest BCUT2D eigenvalue weighted by molar-refractivity contribution is 6.33. The molecule has 0 aliphatic rings. The first-order chi connectivity index (χ1) is 10.0. The first kappa shape index (κ1) is 15.4. The van der Waals surface area contributed by atoms with Crippen molar-refractivity contribution >= 4 is 23.3 Å². The minimum Gasteiger partial charge on any atom is -0.465 e. The van der Waals surface area contributed by atoms with Crippen LogP contribution >= 0.6 is 11.6 Å². The number of methoxy groups -OCH3 is 1. The number of anilines is 1. The molecule has 21 heavy (non-hydrogen) atoms. The molecule has 2 aromatic rings. The van der Waals surface area contributed by atoms with Gasteiger partial charge in [-0.1, -0.05) is 41.4 Å². The lowest BCUT2D eigenvalue weighted by Crippen LogP contribution is -2.08. The molecule has 2 aromatic carbocycles. The van der Waals surface area contributed by atoms with E-state index in [-0.39, 0.29) is 6.04 Å². The minimum absolute atomic E-state index is 0.122. The molecule has 0 heterocycles. The maximum Gasteiger partial charge on any atom is 0.339 e. The third-order valence-corrected chi connectivity index (χ3v) is 3.63. The number of esters is 1. The highest BCUT2D eigenvalue weighted by Crippen LogP contribution is 2.25. The van der Waals surface area contributed by atoms with Crippen molar-refractivity contribution in [3.05, 3.63) is 64.2 Å². The normalized spacial score (nSPS) is 11.8. The van der Waals surface area contributed by atoms with Gasteiger partial charge < -0.3 is 10.1 Å². The molecule has 1 atom stereocenters. The summed E-state index contributed by atoms with van der Waals surface area (Å²) >= 11 is 6.02. The van der Waals surface area contributed by atoms with Crippen LogP contribution in [-0.2, 0) is 4.74 Å². The Morgan fingerprint density at radius 1 is 1.24 bits per heavy atom. The van der Waals surface area contributed by atoms with Gasteiger partial charge in [-0.3, -0.25) is 0 Å². The van der Waals surface area contributed by atoms with E-state index in [4.69, 9.17) is 16.3 Å². The van der Waals surface area contributed by atoms with Crippen LogP contribution in [0.5, 0.6) is 0 Å². The van der Waals surface area contributed by atoms with Crippen molar-refractivity contribution in [3.8, 4) is 0 Å². The van der Waals surface area contributed by atoms with Crippen molar-refractivity contribution < 1.29 is 9.53 Å². The molecule has 0 radical (unpaired) electrons. The van der Waals surface area contributed by atoms with Crippen LogP contribution in [0.4, 0.5) is 5.69 Å². The predicted octanol–water partition coefficient (Wildman–Crippen LogP) is 4.61. The summed E-state index contributed by atoms with van der Waals surface area (Å²) in [6.07, 6.45) is 0. The Morgan fingerprint density at radius 2 is 2.00 bits per heavy atom. The second kappa shape index (κ2) is 6.64. The molecular weight excluding hydrogens is 286 g/mol. The fourth-order valence-electron chi connectivity index (χ4n) is 2.15. The number of aryl methyl sites for hydroxylation is 1. The lowest BCUT2D eigenvalue weighted by Gasteiger charge is -2.17. The number of hydrogen-bond donors (Lipinski definition) is 1. The minimum atomic E-state index is -0.438. The lowest BCUT2D eigenvalue weighted by molar-refractivity contribution is 0.0601. The first-order valence-electron chi connectivity index (χ1n) is 6.72. The van der Waals surface area contributed by atoms with Crippen molar-refractivity contribution in [2.24, 2.45) is 0 Å². The summed E-state index contributed by atoms with van der Waals surface area (Å²) in [4.78, 5) is 11.7. The highest BCUT2D eigenvalue weighted by atomic mass is 35.5. The van der Waals surface area contributed by atoms with Crippen LogP contribution in [0.15, 0.2) is 42.5 Å². The predicted molar refractivity (Wildman–Crippen MR) is 86.0 cm³/mol. The van der Waals surface area contributed by atoms with E-state index in [1.54, 1.807) is 12.1 Å². The van der Waals surface area contributed by atoms with Gasteiger partial charge in [0.15, 0.2) is 0 Å². The molecule has 0 aliphatic heterocycles. The Labute approximate surface area is 129 Å². The summed E-state index contributed by atoms with van der Waals surface area (Å²) in [5.74, 6) is -0.438. The molecule has 3 nitrogen and oxygen atoms in total. The molecule has 4 heteroatoms. The molecule has 0 aromatic heterocycles. The SMILES string of the molecule is COC(=O)c1cc(NC(C)c2cccc(C)c2)ccc1Cl. The van der Waals surface area contributed by atoms with Crippen LogP contribution in [0.3, 0.4) is 0 Å². The van der Waals surface area contributed by atoms with Gasteiger partial charge in [-0.05, 0) is 37.6 Å². The summed E-state index contributed by atoms with van der Waals surface area (Å²) in [5.41, 5.74) is 3.59. The van der Waals surface area contributed by atoms with Gasteiger partial charge in [0.25, 0.3) is 0 Å². The molecule has 0 fully saturated rings. The van der Waals surface area contributed by atoms with Crippen molar-refractivity contribution in [2.75, 3.05) is 12.4 Å². The zero-order valence-electron chi connectivity index (χ0n) is 12.3. The average molecular weight is 304 g/mol. The molecule has 1 unspecified atom stereocenters. The van der Waals surface area contributed by atoms with Gasteiger partial charge in [-0.2, -0.15) is 0 Å². The zero-order chi connectivity index (χ0) is 15.4. The van der Waals surface area contributed by atoms with Gasteiger partial charge >= 0.3 is 5.97 Å². The third kappa shape index (κ3) is 3.76. The largest absolute Gasteiger partial charge is 0.465 e. The average Bonchev–Trinajstić information content (AvgIpc) is 2.48. The number of benzene rings is 2. The van der Waals surface area contributed by atoms with Gasteiger partial charge in [0, 0.05) is 11.7 Å². The van der Waals surface area contributed by atoms with Crippen molar-refractivity contribution in [1.29, 1.82) is 0 Å². The van der Waals surface area contributed by atoms with E-state index >= 15 is 0 Å². The molecule has 0 amide bonds. The van der Waals surface area contributed by atoms with E-state index < -0.39 is 5.97 Å². The maximum absolute atomic E-state index is 11.7. The van der Waals surface area contributed by atoms with Crippen LogP contribution in [-0.4, -0.2) is 13.1 Å². The number of ether oxygens (including phenoxy) is 1. The second-order valence-electron chi connectivity index (χ2n) is 4.97. The summed E-state index contributed by atoms with van der Waals surface area (Å²) in [6.45, 7) is 4.13. The van der Waals surface area contributed by atoms with Crippen LogP contribution in [0.25, 0.3) is 0 Å². The number of nitrogens with one attached hydrogen (secondary N) is 1. The summed E-state index contributed by atoms with van der Waals surface area (Å²) in [7, 11) is 1.34. The second-order valence-corrected chi connectivity index (χ2v) is 5.37. The van der Waals surface area contributed by atoms with Crippen molar-refractivity contribution in [2.45, 2.75) is 19.9 Å². The Balaban J connectivity index is 2.21. The van der Waals surface area contributed by atoms with E-state index in [9.17, 15) is 4.79 Å². The third-order valence-electron chi connectivity index (χ3n) is 3.30. The first-order valence-corrected chi connectivity index (χ1v) is 7.10. The molecule has 110 valence electrons. The molecule has 0 saturated carbocycles. The highest BCUT2D eigenvalue weighted by Gasteiger charge is 2.12. The molecular formula is C17H18ClNO2. The molecule has 0 saturated heterocycles. The molecule has 0 aliphatic carbocycles. The van der Waals surface area contributed by atoms with Crippen LogP contribution < -0.4 is 5.32 Å². The van der Waals surface area contributed by atoms with Crippen LogP contribution in [0, 0.1) is 6.92 Å². The number of hydrogen-bond acceptors (Lipinski definition) is 3. The maximum atomic E-state index is 11.7. The quantitative estimate of drug-likeness (QED) is 0.838. The number of carbonyl (C=O) groups excluding carboxylic acids is 1. The van der Waals surface area contributed by atoms with Gasteiger partial charge in [-0.15, -0.1) is 0 Å². The number of rotatable bonds is 4. The van der Waals surface area contributed by atoms with E-state index in [1.165, 1.54) is 18.2 Å². The Bertz CT molecular complexity index is 655. The van der Waals surface area contributed by atoms with E-state index in [0.717, 1.165) is 5.69 Å². The van der Waals surface area contributed by atoms with Gasteiger partial charge in [0.1, 0.15) is 0 Å². The topological polar surface area (TPSA) is 38.3 Å². The smallest absolute Gasteiger partial charge is 0.339 e. The Morgan fingerprint density at radius 3 is 2.67 bits per heavy atom. The number of carbonyl (C=O) groups is 1. The fraction of sp³-hybridized carbons (Fsp3) is 0.235. The van der Waals surface area contributed by atoms with E-state index in [1.807, 2.05) is 12.1 Å². The van der Waals surface area contributed by atoms with Crippen LogP contribution in [0.2, 0.25) is 5.02 Å². The van der Waals surface area contributed by atoms with Crippen LogP contribution in [0.1, 0.15) is 34.5 Å². The standard InChI is InChI=1S/C17H18ClNO2/c1-11-5-4-6-13(9-11)12(2)19-14-7-8-16(18)15(10-14)17(20)21-3/h4-10,12,19H,1-3H3. The molecule has 0 spiro atoms. The van der Waals surface area contributed by atoms with E-state index in [0.29, 0.717) is 10.6 Å². The van der Waals surface area contributed by atoms with Gasteiger partial charge in [0.05, 0.1) is 17.7 Å². The van der Waals surface area contributed by atoms with E-state index in [2.05, 4.69) is 37.4 Å². The lowest BCUT2D eigenvalue weighted by atomic mass is 10.1. The zero-order valence-corrected chi connectivity index (χ0v) is 13.1. The Hall–Kier alpha value is -2.00. The van der Waals surface area contributed by atoms with Crippen molar-refractivity contribution in [3.63, 3.8) is 0 Å². The summed E-state index contributed by atoms with van der Waals surface area (Å²) in [6, 6.07) is 13.7. The molecule has 2 rings (SSSR count). The van der Waals surface area contributed by atoms with Gasteiger partial charge in [0.2, 0.25) is 0 Å². The Kier molecular flexibility index (Phi) is 4.86. The summed E-state index contributed by atoms with van der Waals surface area (Å²) in [5, 5.41) is 3.75. The van der Waals surface area contributed by atoms with Crippen molar-refractivity contribution in [1.82, 2.24) is 0 Å². The molecule has 0 bridgehead atoms. The molecule has 1 N–H and O–H groups in total.